The van der Waals surface area contributed by atoms with Crippen molar-refractivity contribution in [2.75, 3.05) is 18.1 Å². The number of hydrogen-bond acceptors (Lipinski definition) is 3. The number of thioether (sulfide) groups is 1. The fraction of sp³-hybridized carbons (Fsp3) is 0.538. The molecule has 1 atom stereocenters. The van der Waals surface area contributed by atoms with Gasteiger partial charge in [-0.25, -0.2) is 4.98 Å². The molecule has 0 aromatic carbocycles. The summed E-state index contributed by atoms with van der Waals surface area (Å²) in [5.74, 6) is 2.92. The van der Waals surface area contributed by atoms with Gasteiger partial charge in [0.2, 0.25) is 0 Å². The molecule has 1 fully saturated rings. The van der Waals surface area contributed by atoms with Crippen LogP contribution in [0.5, 0.6) is 0 Å². The number of carbonyl (C=O) groups is 1. The Morgan fingerprint density at radius 3 is 3.11 bits per heavy atom. The van der Waals surface area contributed by atoms with Crippen molar-refractivity contribution >= 4 is 29.3 Å². The summed E-state index contributed by atoms with van der Waals surface area (Å²) in [6.45, 7) is 2.75. The number of pyridine rings is 1. The number of nitrogens with zero attached hydrogens (tertiary/aromatic N) is 1. The van der Waals surface area contributed by atoms with Crippen molar-refractivity contribution in [3.05, 3.63) is 28.5 Å². The molecule has 1 aliphatic rings. The number of nitrogens with one attached hydrogen (secondary N) is 1. The minimum atomic E-state index is -0.0501. The summed E-state index contributed by atoms with van der Waals surface area (Å²) < 4.78 is 0. The van der Waals surface area contributed by atoms with Crippen LogP contribution in [0.25, 0.3) is 0 Å². The van der Waals surface area contributed by atoms with Gasteiger partial charge in [0.1, 0.15) is 5.15 Å². The van der Waals surface area contributed by atoms with E-state index in [2.05, 4.69) is 10.3 Å². The molecule has 1 aromatic rings. The number of aryl methyl sites for hydroxylation is 1. The van der Waals surface area contributed by atoms with E-state index >= 15 is 0 Å². The van der Waals surface area contributed by atoms with Gasteiger partial charge in [-0.2, -0.15) is 11.8 Å². The van der Waals surface area contributed by atoms with Crippen LogP contribution < -0.4 is 5.32 Å². The summed E-state index contributed by atoms with van der Waals surface area (Å²) in [4.78, 5) is 16.2. The lowest BCUT2D eigenvalue weighted by molar-refractivity contribution is 0.0948. The van der Waals surface area contributed by atoms with E-state index in [9.17, 15) is 4.79 Å². The number of halogens is 1. The predicted octanol–water partition coefficient (Wildman–Crippen LogP) is 2.78. The van der Waals surface area contributed by atoms with E-state index in [1.807, 2.05) is 24.8 Å². The Balaban J connectivity index is 1.97. The molecule has 0 radical (unpaired) electrons. The Labute approximate surface area is 117 Å². The number of rotatable bonds is 4. The van der Waals surface area contributed by atoms with Crippen molar-refractivity contribution in [2.24, 2.45) is 5.92 Å². The molecule has 1 N–H and O–H groups in total. The van der Waals surface area contributed by atoms with E-state index in [1.165, 1.54) is 12.2 Å². The number of carbonyl (C=O) groups excluding carboxylic acids is 1. The van der Waals surface area contributed by atoms with Gasteiger partial charge < -0.3 is 5.32 Å². The topological polar surface area (TPSA) is 42.0 Å². The minimum absolute atomic E-state index is 0.0501. The third kappa shape index (κ3) is 3.62. The largest absolute Gasteiger partial charge is 0.352 e. The first-order valence-electron chi connectivity index (χ1n) is 6.21. The zero-order valence-electron chi connectivity index (χ0n) is 10.4. The maximum Gasteiger partial charge on any atom is 0.251 e. The summed E-state index contributed by atoms with van der Waals surface area (Å²) in [6, 6.07) is 3.43. The molecule has 3 nitrogen and oxygen atoms in total. The van der Waals surface area contributed by atoms with Crippen molar-refractivity contribution in [2.45, 2.75) is 19.8 Å². The van der Waals surface area contributed by atoms with Gasteiger partial charge in [0.05, 0.1) is 0 Å². The van der Waals surface area contributed by atoms with Gasteiger partial charge in [0, 0.05) is 17.8 Å². The van der Waals surface area contributed by atoms with Gasteiger partial charge in [-0.05, 0) is 42.4 Å². The summed E-state index contributed by atoms with van der Waals surface area (Å²) in [5, 5.41) is 3.37. The van der Waals surface area contributed by atoms with Crippen LogP contribution in [0.1, 0.15) is 29.4 Å². The molecular weight excluding hydrogens is 268 g/mol. The van der Waals surface area contributed by atoms with Crippen molar-refractivity contribution in [1.29, 1.82) is 0 Å². The van der Waals surface area contributed by atoms with E-state index < -0.39 is 0 Å². The fourth-order valence-corrected chi connectivity index (χ4v) is 3.46. The van der Waals surface area contributed by atoms with Crippen LogP contribution in [-0.4, -0.2) is 28.9 Å². The zero-order valence-corrected chi connectivity index (χ0v) is 12.0. The number of hydrogen-bond donors (Lipinski definition) is 1. The van der Waals surface area contributed by atoms with Gasteiger partial charge >= 0.3 is 0 Å². The van der Waals surface area contributed by atoms with E-state index in [0.717, 1.165) is 24.4 Å². The molecule has 2 heterocycles. The molecule has 2 rings (SSSR count). The number of amides is 1. The zero-order chi connectivity index (χ0) is 13.0. The van der Waals surface area contributed by atoms with E-state index in [-0.39, 0.29) is 5.91 Å². The van der Waals surface area contributed by atoms with Gasteiger partial charge in [-0.3, -0.25) is 4.79 Å². The molecular formula is C13H17ClN2OS. The fourth-order valence-electron chi connectivity index (χ4n) is 1.95. The van der Waals surface area contributed by atoms with Gasteiger partial charge in [0.25, 0.3) is 5.91 Å². The third-order valence-electron chi connectivity index (χ3n) is 3.05. The molecule has 0 saturated carbocycles. The molecule has 1 saturated heterocycles. The average Bonchev–Trinajstić information content (AvgIpc) is 2.88. The molecule has 1 aromatic heterocycles. The van der Waals surface area contributed by atoms with Crippen molar-refractivity contribution in [3.8, 4) is 0 Å². The van der Waals surface area contributed by atoms with Crippen LogP contribution in [0.3, 0.4) is 0 Å². The summed E-state index contributed by atoms with van der Waals surface area (Å²) in [5.41, 5.74) is 1.46. The molecule has 1 aliphatic heterocycles. The molecule has 98 valence electrons. The monoisotopic (exact) mass is 284 g/mol. The van der Waals surface area contributed by atoms with E-state index in [0.29, 0.717) is 16.6 Å². The average molecular weight is 285 g/mol. The lowest BCUT2D eigenvalue weighted by Crippen LogP contribution is -2.29. The van der Waals surface area contributed by atoms with Crippen molar-refractivity contribution in [1.82, 2.24) is 10.3 Å². The second-order valence-electron chi connectivity index (χ2n) is 4.46. The standard InChI is InChI=1S/C13H17ClN2OS/c1-2-11-5-10(6-12(14)16-11)13(17)15-7-9-3-4-18-8-9/h5-6,9H,2-4,7-8H2,1H3,(H,15,17). The summed E-state index contributed by atoms with van der Waals surface area (Å²) in [6.07, 6.45) is 1.97. The third-order valence-corrected chi connectivity index (χ3v) is 4.47. The summed E-state index contributed by atoms with van der Waals surface area (Å²) in [7, 11) is 0. The molecule has 0 bridgehead atoms. The van der Waals surface area contributed by atoms with Crippen LogP contribution in [0.15, 0.2) is 12.1 Å². The molecule has 18 heavy (non-hydrogen) atoms. The highest BCUT2D eigenvalue weighted by Gasteiger charge is 2.17. The van der Waals surface area contributed by atoms with E-state index in [1.54, 1.807) is 6.07 Å². The highest BCUT2D eigenvalue weighted by Crippen LogP contribution is 2.22. The molecule has 0 aliphatic carbocycles. The molecule has 0 spiro atoms. The first kappa shape index (κ1) is 13.7. The Kier molecular flexibility index (Phi) is 4.89. The molecule has 1 unspecified atom stereocenters. The highest BCUT2D eigenvalue weighted by molar-refractivity contribution is 7.99. The van der Waals surface area contributed by atoms with Gasteiger partial charge in [-0.1, -0.05) is 18.5 Å². The second kappa shape index (κ2) is 6.43. The highest BCUT2D eigenvalue weighted by atomic mass is 35.5. The Morgan fingerprint density at radius 1 is 1.61 bits per heavy atom. The quantitative estimate of drug-likeness (QED) is 0.865. The van der Waals surface area contributed by atoms with Gasteiger partial charge in [0.15, 0.2) is 0 Å². The van der Waals surface area contributed by atoms with E-state index in [4.69, 9.17) is 11.6 Å². The second-order valence-corrected chi connectivity index (χ2v) is 6.00. The minimum Gasteiger partial charge on any atom is -0.352 e. The lowest BCUT2D eigenvalue weighted by atomic mass is 10.1. The summed E-state index contributed by atoms with van der Waals surface area (Å²) >= 11 is 7.86. The predicted molar refractivity (Wildman–Crippen MR) is 76.4 cm³/mol. The Bertz CT molecular complexity index is 433. The maximum absolute atomic E-state index is 12.0. The number of aromatic nitrogens is 1. The van der Waals surface area contributed by atoms with Crippen molar-refractivity contribution < 1.29 is 4.79 Å². The first-order valence-corrected chi connectivity index (χ1v) is 7.74. The SMILES string of the molecule is CCc1cc(C(=O)NCC2CCSC2)cc(Cl)n1. The Hall–Kier alpha value is -0.740. The van der Waals surface area contributed by atoms with Crippen LogP contribution in [0, 0.1) is 5.92 Å². The van der Waals surface area contributed by atoms with Gasteiger partial charge in [-0.15, -0.1) is 0 Å². The lowest BCUT2D eigenvalue weighted by Gasteiger charge is -2.10. The normalized spacial score (nSPS) is 18.9. The van der Waals surface area contributed by atoms with Crippen LogP contribution in [-0.2, 0) is 6.42 Å². The molecule has 5 heteroatoms. The maximum atomic E-state index is 12.0. The molecule has 1 amide bonds. The van der Waals surface area contributed by atoms with Crippen LogP contribution in [0.4, 0.5) is 0 Å². The van der Waals surface area contributed by atoms with Crippen LogP contribution >= 0.6 is 23.4 Å². The van der Waals surface area contributed by atoms with Crippen LogP contribution in [0.2, 0.25) is 5.15 Å². The Morgan fingerprint density at radius 2 is 2.44 bits per heavy atom. The first-order chi connectivity index (χ1) is 8.69. The van der Waals surface area contributed by atoms with Crippen molar-refractivity contribution in [3.63, 3.8) is 0 Å². The smallest absolute Gasteiger partial charge is 0.251 e.